The zero-order valence-electron chi connectivity index (χ0n) is 26.2. The van der Waals surface area contributed by atoms with E-state index < -0.39 is 16.1 Å². The van der Waals surface area contributed by atoms with Gasteiger partial charge in [-0.2, -0.15) is 0 Å². The van der Waals surface area contributed by atoms with Crippen molar-refractivity contribution in [2.45, 2.75) is 69.3 Å². The molecular weight excluding hydrogens is 588 g/mol. The van der Waals surface area contributed by atoms with Gasteiger partial charge in [-0.3, -0.25) is 9.62 Å². The molecule has 1 aromatic heterocycles. The summed E-state index contributed by atoms with van der Waals surface area (Å²) in [5.41, 5.74) is 4.19. The third-order valence-electron chi connectivity index (χ3n) is 8.53. The molecule has 1 atom stereocenters. The number of nitrogens with zero attached hydrogens (tertiary/aromatic N) is 3. The number of pyridine rings is 1. The average Bonchev–Trinajstić information content (AvgIpc) is 3.67. The van der Waals surface area contributed by atoms with Crippen LogP contribution in [-0.2, 0) is 22.9 Å². The summed E-state index contributed by atoms with van der Waals surface area (Å²) in [6, 6.07) is 15.8. The number of anilines is 3. The lowest BCUT2D eigenvalue weighted by Crippen LogP contribution is -2.32. The van der Waals surface area contributed by atoms with Gasteiger partial charge in [0.05, 0.1) is 11.0 Å². The first-order valence-electron chi connectivity index (χ1n) is 16.2. The molecule has 1 saturated heterocycles. The van der Waals surface area contributed by atoms with Crippen molar-refractivity contribution in [1.82, 2.24) is 15.2 Å². The molecule has 0 spiro atoms. The maximum absolute atomic E-state index is 13.1. The number of fused-ring (bicyclic) bond motifs is 1. The van der Waals surface area contributed by atoms with Gasteiger partial charge in [0.1, 0.15) is 5.82 Å². The minimum absolute atomic E-state index is 0.0158. The second-order valence-electron chi connectivity index (χ2n) is 11.9. The number of carbonyl (C=O) groups excluding carboxylic acids is 1. The van der Waals surface area contributed by atoms with Crippen LogP contribution in [0.25, 0.3) is 0 Å². The third kappa shape index (κ3) is 8.74. The van der Waals surface area contributed by atoms with Crippen LogP contribution in [0.4, 0.5) is 22.0 Å². The van der Waals surface area contributed by atoms with Crippen LogP contribution in [0.5, 0.6) is 0 Å². The van der Waals surface area contributed by atoms with Crippen molar-refractivity contribution in [2.75, 3.05) is 54.2 Å². The summed E-state index contributed by atoms with van der Waals surface area (Å²) in [6.07, 6.45) is 9.86. The first-order chi connectivity index (χ1) is 21.8. The molecule has 0 bridgehead atoms. The van der Waals surface area contributed by atoms with E-state index in [1.807, 2.05) is 23.1 Å². The van der Waals surface area contributed by atoms with E-state index in [9.17, 15) is 18.3 Å². The molecule has 2 aromatic carbocycles. The van der Waals surface area contributed by atoms with Crippen molar-refractivity contribution >= 4 is 33.2 Å². The molecule has 10 nitrogen and oxygen atoms in total. The molecule has 11 heteroatoms. The van der Waals surface area contributed by atoms with E-state index >= 15 is 0 Å². The highest BCUT2D eigenvalue weighted by atomic mass is 32.2. The van der Waals surface area contributed by atoms with Crippen molar-refractivity contribution in [3.63, 3.8) is 0 Å². The largest absolute Gasteiger partial charge is 0.387 e. The number of aromatic nitrogens is 1. The number of benzene rings is 2. The van der Waals surface area contributed by atoms with E-state index in [1.165, 1.54) is 25.7 Å². The molecule has 3 heterocycles. The number of unbranched alkanes of at least 4 members (excludes halogenated alkanes) is 5. The Morgan fingerprint density at radius 1 is 1.00 bits per heavy atom. The van der Waals surface area contributed by atoms with E-state index in [4.69, 9.17) is 0 Å². The number of carbonyl (C=O) groups is 1. The van der Waals surface area contributed by atoms with Crippen molar-refractivity contribution in [3.8, 4) is 0 Å². The van der Waals surface area contributed by atoms with E-state index in [1.54, 1.807) is 47.5 Å². The van der Waals surface area contributed by atoms with E-state index in [0.717, 1.165) is 61.3 Å². The van der Waals surface area contributed by atoms with E-state index in [2.05, 4.69) is 27.3 Å². The zero-order valence-corrected chi connectivity index (χ0v) is 27.0. The summed E-state index contributed by atoms with van der Waals surface area (Å²) in [5, 5.41) is 17.0. The predicted octanol–water partition coefficient (Wildman–Crippen LogP) is 5.32. The van der Waals surface area contributed by atoms with E-state index in [-0.39, 0.29) is 10.9 Å². The van der Waals surface area contributed by atoms with Crippen molar-refractivity contribution in [1.29, 1.82) is 0 Å². The Bertz CT molecular complexity index is 1510. The van der Waals surface area contributed by atoms with Gasteiger partial charge in [0.15, 0.2) is 0 Å². The van der Waals surface area contributed by atoms with Gasteiger partial charge in [-0.15, -0.1) is 0 Å². The molecule has 5 rings (SSSR count). The summed E-state index contributed by atoms with van der Waals surface area (Å²) in [7, 11) is -3.79. The maximum atomic E-state index is 13.1. The monoisotopic (exact) mass is 634 g/mol. The maximum Gasteiger partial charge on any atom is 0.324 e. The molecule has 2 aliphatic heterocycles. The molecular formula is C34H46N6O4S. The molecule has 1 unspecified atom stereocenters. The summed E-state index contributed by atoms with van der Waals surface area (Å²) in [6.45, 7) is 6.24. The van der Waals surface area contributed by atoms with Crippen LogP contribution >= 0.6 is 0 Å². The normalized spacial score (nSPS) is 15.3. The van der Waals surface area contributed by atoms with Gasteiger partial charge in [0.25, 0.3) is 10.0 Å². The Morgan fingerprint density at radius 3 is 2.53 bits per heavy atom. The fourth-order valence-corrected chi connectivity index (χ4v) is 6.90. The highest BCUT2D eigenvalue weighted by Crippen LogP contribution is 2.25. The number of nitrogens with one attached hydrogen (secondary N) is 3. The Hall–Kier alpha value is -3.67. The molecule has 1 fully saturated rings. The molecule has 4 N–H and O–H groups in total. The second-order valence-corrected chi connectivity index (χ2v) is 13.6. The molecule has 0 saturated carbocycles. The highest BCUT2D eigenvalue weighted by molar-refractivity contribution is 7.92. The molecule has 2 amide bonds. The van der Waals surface area contributed by atoms with Crippen LogP contribution in [0.1, 0.15) is 68.2 Å². The van der Waals surface area contributed by atoms with Crippen LogP contribution in [0, 0.1) is 0 Å². The number of aliphatic hydroxyl groups excluding tert-OH is 1. The SMILES string of the molecule is CCCCCCCCN1CCN(c2ccc(S(=O)(=O)Nc3ccc(CCNCC(O)c4cnc5c(c4)CCN5)cc3)cc2)C1=O. The summed E-state index contributed by atoms with van der Waals surface area (Å²) in [4.78, 5) is 21.1. The minimum atomic E-state index is -3.79. The van der Waals surface area contributed by atoms with Gasteiger partial charge < -0.3 is 20.6 Å². The van der Waals surface area contributed by atoms with Gasteiger partial charge in [-0.1, -0.05) is 51.2 Å². The lowest BCUT2D eigenvalue weighted by Gasteiger charge is -2.19. The van der Waals surface area contributed by atoms with Crippen molar-refractivity contribution in [3.05, 3.63) is 77.5 Å². The number of sulfonamides is 1. The van der Waals surface area contributed by atoms with Crippen molar-refractivity contribution < 1.29 is 18.3 Å². The lowest BCUT2D eigenvalue weighted by molar-refractivity contribution is 0.174. The quantitative estimate of drug-likeness (QED) is 0.148. The standard InChI is InChI=1S/C34H46N6O4S/c1-2-3-4-5-6-7-20-39-21-22-40(34(39)42)30-12-14-31(15-13-30)45(43,44)38-29-10-8-26(9-11-29)16-18-35-25-32(41)28-23-27-17-19-36-33(27)37-24-28/h8-15,23-24,32,35,38,41H,2-7,16-22,25H2,1H3,(H,36,37). The van der Waals surface area contributed by atoms with Gasteiger partial charge >= 0.3 is 6.03 Å². The third-order valence-corrected chi connectivity index (χ3v) is 9.93. The van der Waals surface area contributed by atoms with Crippen LogP contribution in [-0.4, -0.2) is 68.7 Å². The first-order valence-corrected chi connectivity index (χ1v) is 17.7. The summed E-state index contributed by atoms with van der Waals surface area (Å²) < 4.78 is 28.8. The highest BCUT2D eigenvalue weighted by Gasteiger charge is 2.29. The van der Waals surface area contributed by atoms with Gasteiger partial charge in [0, 0.05) is 55.9 Å². The number of urea groups is 1. The fourth-order valence-electron chi connectivity index (χ4n) is 5.84. The van der Waals surface area contributed by atoms with Crippen LogP contribution in [0.15, 0.2) is 65.7 Å². The molecule has 0 radical (unpaired) electrons. The number of hydrogen-bond donors (Lipinski definition) is 4. The Balaban J connectivity index is 1.05. The second kappa shape index (κ2) is 15.6. The first kappa shape index (κ1) is 32.7. The topological polar surface area (TPSA) is 127 Å². The lowest BCUT2D eigenvalue weighted by atomic mass is 10.1. The Morgan fingerprint density at radius 2 is 1.76 bits per heavy atom. The number of amides is 2. The average molecular weight is 635 g/mol. The molecule has 2 aliphatic rings. The van der Waals surface area contributed by atoms with Crippen LogP contribution in [0.2, 0.25) is 0 Å². The molecule has 242 valence electrons. The molecule has 45 heavy (non-hydrogen) atoms. The summed E-state index contributed by atoms with van der Waals surface area (Å²) in [5.74, 6) is 0.906. The smallest absolute Gasteiger partial charge is 0.324 e. The molecule has 0 aliphatic carbocycles. The molecule has 3 aromatic rings. The number of hydrogen-bond acceptors (Lipinski definition) is 7. The van der Waals surface area contributed by atoms with E-state index in [0.29, 0.717) is 37.6 Å². The minimum Gasteiger partial charge on any atom is -0.387 e. The van der Waals surface area contributed by atoms with Crippen LogP contribution in [0.3, 0.4) is 0 Å². The van der Waals surface area contributed by atoms with Gasteiger partial charge in [-0.25, -0.2) is 18.2 Å². The fraction of sp³-hybridized carbons (Fsp3) is 0.471. The van der Waals surface area contributed by atoms with Gasteiger partial charge in [-0.05, 0) is 79.4 Å². The van der Waals surface area contributed by atoms with Gasteiger partial charge in [0.2, 0.25) is 0 Å². The Kier molecular flexibility index (Phi) is 11.3. The van der Waals surface area contributed by atoms with Crippen LogP contribution < -0.4 is 20.3 Å². The predicted molar refractivity (Wildman–Crippen MR) is 179 cm³/mol. The Labute approximate surface area is 267 Å². The summed E-state index contributed by atoms with van der Waals surface area (Å²) >= 11 is 0. The number of aliphatic hydroxyl groups is 1. The van der Waals surface area contributed by atoms with Crippen molar-refractivity contribution in [2.24, 2.45) is 0 Å². The number of rotatable bonds is 17. The zero-order chi connectivity index (χ0) is 31.6.